The van der Waals surface area contributed by atoms with Crippen LogP contribution in [0.25, 0.3) is 17.1 Å². The standard InChI is InChI=1S/C15H12N2O3/c1-10-5-2-3-6-12(10)17-13(15(18)19)9-11(16-17)14-7-4-8-20-14/h2-9H,1H3,(H,18,19). The number of carboxylic acid groups (broad SMARTS) is 1. The number of aromatic carboxylic acids is 1. The predicted octanol–water partition coefficient (Wildman–Crippen LogP) is 3.14. The predicted molar refractivity (Wildman–Crippen MR) is 73.0 cm³/mol. The van der Waals surface area contributed by atoms with Crippen molar-refractivity contribution < 1.29 is 14.3 Å². The summed E-state index contributed by atoms with van der Waals surface area (Å²) in [5.41, 5.74) is 2.29. The highest BCUT2D eigenvalue weighted by atomic mass is 16.4. The molecule has 3 rings (SSSR count). The van der Waals surface area contributed by atoms with Crippen molar-refractivity contribution in [1.29, 1.82) is 0 Å². The summed E-state index contributed by atoms with van der Waals surface area (Å²) < 4.78 is 6.69. The summed E-state index contributed by atoms with van der Waals surface area (Å²) in [5, 5.41) is 13.7. The van der Waals surface area contributed by atoms with Gasteiger partial charge >= 0.3 is 5.97 Å². The number of para-hydroxylation sites is 1. The topological polar surface area (TPSA) is 68.3 Å². The molecule has 0 saturated carbocycles. The molecule has 1 N–H and O–H groups in total. The van der Waals surface area contributed by atoms with Crippen LogP contribution in [0.5, 0.6) is 0 Å². The van der Waals surface area contributed by atoms with Crippen molar-refractivity contribution in [3.63, 3.8) is 0 Å². The lowest BCUT2D eigenvalue weighted by Crippen LogP contribution is -2.08. The Morgan fingerprint density at radius 3 is 2.70 bits per heavy atom. The maximum atomic E-state index is 11.4. The smallest absolute Gasteiger partial charge is 0.354 e. The Balaban J connectivity index is 2.20. The van der Waals surface area contributed by atoms with Crippen LogP contribution in [0.3, 0.4) is 0 Å². The molecule has 0 atom stereocenters. The number of benzene rings is 1. The van der Waals surface area contributed by atoms with E-state index in [9.17, 15) is 9.90 Å². The number of carbonyl (C=O) groups is 1. The lowest BCUT2D eigenvalue weighted by Gasteiger charge is -2.07. The molecule has 20 heavy (non-hydrogen) atoms. The van der Waals surface area contributed by atoms with Crippen LogP contribution in [0.4, 0.5) is 0 Å². The summed E-state index contributed by atoms with van der Waals surface area (Å²) in [6.07, 6.45) is 1.53. The summed E-state index contributed by atoms with van der Waals surface area (Å²) in [5.74, 6) is -0.488. The van der Waals surface area contributed by atoms with E-state index in [0.717, 1.165) is 11.3 Å². The SMILES string of the molecule is Cc1ccccc1-n1nc(-c2ccco2)cc1C(=O)O. The first kappa shape index (κ1) is 12.2. The molecule has 2 heterocycles. The normalized spacial score (nSPS) is 10.7. The van der Waals surface area contributed by atoms with Gasteiger partial charge in [0, 0.05) is 6.07 Å². The molecule has 0 amide bonds. The average Bonchev–Trinajstić information content (AvgIpc) is 3.08. The molecule has 3 aromatic rings. The lowest BCUT2D eigenvalue weighted by molar-refractivity contribution is 0.0687. The Labute approximate surface area is 115 Å². The van der Waals surface area contributed by atoms with Crippen LogP contribution in [0.15, 0.2) is 53.1 Å². The number of furan rings is 1. The average molecular weight is 268 g/mol. The monoisotopic (exact) mass is 268 g/mol. The molecule has 0 saturated heterocycles. The fourth-order valence-corrected chi connectivity index (χ4v) is 2.06. The highest BCUT2D eigenvalue weighted by molar-refractivity contribution is 5.88. The first-order valence-corrected chi connectivity index (χ1v) is 6.10. The molecule has 0 aliphatic rings. The summed E-state index contributed by atoms with van der Waals surface area (Å²) in [6.45, 7) is 1.91. The molecule has 2 aromatic heterocycles. The molecule has 0 spiro atoms. The number of carboxylic acids is 1. The Morgan fingerprint density at radius 1 is 1.25 bits per heavy atom. The number of hydrogen-bond acceptors (Lipinski definition) is 3. The highest BCUT2D eigenvalue weighted by Crippen LogP contribution is 2.23. The summed E-state index contributed by atoms with van der Waals surface area (Å²) in [7, 11) is 0. The van der Waals surface area contributed by atoms with Gasteiger partial charge in [-0.15, -0.1) is 0 Å². The highest BCUT2D eigenvalue weighted by Gasteiger charge is 2.18. The van der Waals surface area contributed by atoms with Gasteiger partial charge in [-0.05, 0) is 30.7 Å². The van der Waals surface area contributed by atoms with Crippen molar-refractivity contribution in [3.8, 4) is 17.1 Å². The Hall–Kier alpha value is -2.82. The lowest BCUT2D eigenvalue weighted by atomic mass is 10.2. The minimum absolute atomic E-state index is 0.103. The third-order valence-electron chi connectivity index (χ3n) is 3.05. The van der Waals surface area contributed by atoms with Gasteiger partial charge in [-0.2, -0.15) is 5.10 Å². The number of aromatic nitrogens is 2. The molecule has 1 aromatic carbocycles. The van der Waals surface area contributed by atoms with E-state index in [2.05, 4.69) is 5.10 Å². The third-order valence-corrected chi connectivity index (χ3v) is 3.05. The quantitative estimate of drug-likeness (QED) is 0.792. The van der Waals surface area contributed by atoms with E-state index in [4.69, 9.17) is 4.42 Å². The van der Waals surface area contributed by atoms with Gasteiger partial charge in [-0.1, -0.05) is 18.2 Å². The first-order valence-electron chi connectivity index (χ1n) is 6.10. The van der Waals surface area contributed by atoms with E-state index in [1.54, 1.807) is 12.1 Å². The Bertz CT molecular complexity index is 757. The van der Waals surface area contributed by atoms with Crippen molar-refractivity contribution in [2.45, 2.75) is 6.92 Å². The summed E-state index contributed by atoms with van der Waals surface area (Å²) in [4.78, 5) is 11.4. The zero-order valence-corrected chi connectivity index (χ0v) is 10.8. The molecule has 0 unspecified atom stereocenters. The molecule has 5 nitrogen and oxygen atoms in total. The molecule has 0 aliphatic carbocycles. The van der Waals surface area contributed by atoms with Gasteiger partial charge in [0.1, 0.15) is 5.69 Å². The van der Waals surface area contributed by atoms with Crippen LogP contribution in [0.2, 0.25) is 0 Å². The zero-order chi connectivity index (χ0) is 14.1. The molecular formula is C15H12N2O3. The van der Waals surface area contributed by atoms with Gasteiger partial charge in [0.15, 0.2) is 11.5 Å². The molecule has 0 fully saturated rings. The van der Waals surface area contributed by atoms with Gasteiger partial charge in [0.25, 0.3) is 0 Å². The third kappa shape index (κ3) is 1.99. The van der Waals surface area contributed by atoms with Gasteiger partial charge in [-0.3, -0.25) is 0 Å². The minimum Gasteiger partial charge on any atom is -0.477 e. The van der Waals surface area contributed by atoms with Crippen LogP contribution in [0, 0.1) is 6.92 Å². The Kier molecular flexibility index (Phi) is 2.87. The van der Waals surface area contributed by atoms with E-state index >= 15 is 0 Å². The zero-order valence-electron chi connectivity index (χ0n) is 10.8. The second-order valence-electron chi connectivity index (χ2n) is 4.40. The van der Waals surface area contributed by atoms with E-state index in [1.807, 2.05) is 31.2 Å². The number of aryl methyl sites for hydroxylation is 1. The molecule has 5 heteroatoms. The molecule has 100 valence electrons. The van der Waals surface area contributed by atoms with Gasteiger partial charge < -0.3 is 9.52 Å². The van der Waals surface area contributed by atoms with E-state index in [1.165, 1.54) is 17.0 Å². The van der Waals surface area contributed by atoms with Gasteiger partial charge in [-0.25, -0.2) is 9.48 Å². The van der Waals surface area contributed by atoms with Gasteiger partial charge in [0.05, 0.1) is 12.0 Å². The summed E-state index contributed by atoms with van der Waals surface area (Å²) >= 11 is 0. The molecular weight excluding hydrogens is 256 g/mol. The second kappa shape index (κ2) is 4.70. The van der Waals surface area contributed by atoms with Gasteiger partial charge in [0.2, 0.25) is 0 Å². The molecule has 0 radical (unpaired) electrons. The van der Waals surface area contributed by atoms with Crippen molar-refractivity contribution in [2.24, 2.45) is 0 Å². The first-order chi connectivity index (χ1) is 9.66. The maximum absolute atomic E-state index is 11.4. The second-order valence-corrected chi connectivity index (χ2v) is 4.40. The van der Waals surface area contributed by atoms with Crippen LogP contribution in [0.1, 0.15) is 16.1 Å². The van der Waals surface area contributed by atoms with E-state index < -0.39 is 5.97 Å². The largest absolute Gasteiger partial charge is 0.477 e. The van der Waals surface area contributed by atoms with Crippen LogP contribution < -0.4 is 0 Å². The van der Waals surface area contributed by atoms with Crippen LogP contribution in [-0.4, -0.2) is 20.9 Å². The molecule has 0 aliphatic heterocycles. The van der Waals surface area contributed by atoms with Crippen molar-refractivity contribution in [3.05, 3.63) is 60.0 Å². The van der Waals surface area contributed by atoms with Crippen molar-refractivity contribution in [2.75, 3.05) is 0 Å². The summed E-state index contributed by atoms with van der Waals surface area (Å²) in [6, 6.07) is 12.5. The van der Waals surface area contributed by atoms with E-state index in [-0.39, 0.29) is 5.69 Å². The fraction of sp³-hybridized carbons (Fsp3) is 0.0667. The Morgan fingerprint density at radius 2 is 2.05 bits per heavy atom. The van der Waals surface area contributed by atoms with E-state index in [0.29, 0.717) is 11.5 Å². The minimum atomic E-state index is -1.03. The maximum Gasteiger partial charge on any atom is 0.354 e. The fourth-order valence-electron chi connectivity index (χ4n) is 2.06. The van der Waals surface area contributed by atoms with Crippen molar-refractivity contribution in [1.82, 2.24) is 9.78 Å². The number of nitrogens with zero attached hydrogens (tertiary/aromatic N) is 2. The van der Waals surface area contributed by atoms with Crippen LogP contribution in [-0.2, 0) is 0 Å². The molecule has 0 bridgehead atoms. The van der Waals surface area contributed by atoms with Crippen LogP contribution >= 0.6 is 0 Å². The van der Waals surface area contributed by atoms with Crippen molar-refractivity contribution >= 4 is 5.97 Å². The number of hydrogen-bond donors (Lipinski definition) is 1. The number of rotatable bonds is 3.